The molecule has 0 aromatic heterocycles. The second kappa shape index (κ2) is 9.33. The van der Waals surface area contributed by atoms with Crippen LogP contribution >= 0.6 is 11.9 Å². The van der Waals surface area contributed by atoms with Gasteiger partial charge in [-0.1, -0.05) is 67.2 Å². The molecular weight excluding hydrogens is 316 g/mol. The molecule has 0 amide bonds. The summed E-state index contributed by atoms with van der Waals surface area (Å²) in [5.74, 6) is -1.51. The van der Waals surface area contributed by atoms with E-state index in [0.717, 1.165) is 0 Å². The van der Waals surface area contributed by atoms with Crippen molar-refractivity contribution in [1.82, 2.24) is 0 Å². The minimum absolute atomic E-state index is 0.301. The van der Waals surface area contributed by atoms with Crippen LogP contribution in [0.15, 0.2) is 72.8 Å². The quantitative estimate of drug-likeness (QED) is 0.483. The van der Waals surface area contributed by atoms with Crippen LogP contribution in [0, 0.1) is 0 Å². The van der Waals surface area contributed by atoms with Gasteiger partial charge < -0.3 is 4.29 Å². The second-order valence-corrected chi connectivity index (χ2v) is 4.69. The van der Waals surface area contributed by atoms with Gasteiger partial charge in [0, 0.05) is 16.7 Å². The van der Waals surface area contributed by atoms with Gasteiger partial charge in [0.15, 0.2) is 0 Å². The van der Waals surface area contributed by atoms with Gasteiger partial charge in [-0.15, -0.1) is 0 Å². The van der Waals surface area contributed by atoms with E-state index in [4.69, 9.17) is 0 Å². The molecule has 0 heterocycles. The molecule has 5 heteroatoms. The summed E-state index contributed by atoms with van der Waals surface area (Å²) in [5, 5.41) is 0. The van der Waals surface area contributed by atoms with Crippen LogP contribution in [0.25, 0.3) is 0 Å². The van der Waals surface area contributed by atoms with E-state index in [1.807, 2.05) is 12.1 Å². The van der Waals surface area contributed by atoms with E-state index in [0.29, 0.717) is 16.7 Å². The molecule has 0 saturated carbocycles. The summed E-state index contributed by atoms with van der Waals surface area (Å²) < 4.78 is 3.75. The first-order valence-corrected chi connectivity index (χ1v) is 6.95. The number of benzene rings is 2. The van der Waals surface area contributed by atoms with E-state index in [2.05, 4.69) is 22.7 Å². The van der Waals surface area contributed by atoms with Crippen LogP contribution in [0.1, 0.15) is 27.6 Å². The molecule has 0 fully saturated rings. The number of hydrogen-bond acceptors (Lipinski definition) is 4. The Morgan fingerprint density at radius 2 is 1.17 bits per heavy atom. The Morgan fingerprint density at radius 3 is 1.39 bits per heavy atom. The lowest BCUT2D eigenvalue weighted by molar-refractivity contribution is -0.129. The Morgan fingerprint density at radius 1 is 0.826 bits per heavy atom. The summed E-state index contributed by atoms with van der Waals surface area (Å²) in [6.07, 6.45) is 0. The number of Topliss-reactive ketones (excluding diaryl/α,β-unsaturated/α-hetero) is 2. The van der Waals surface area contributed by atoms with Crippen molar-refractivity contribution in [1.29, 1.82) is 0 Å². The van der Waals surface area contributed by atoms with Crippen molar-refractivity contribution in [2.24, 2.45) is 0 Å². The van der Waals surface area contributed by atoms with Gasteiger partial charge in [-0.3, -0.25) is 9.59 Å². The molecule has 0 radical (unpaired) electrons. The Hall–Kier alpha value is -2.72. The van der Waals surface area contributed by atoms with Crippen LogP contribution in [0.4, 0.5) is 0 Å². The van der Waals surface area contributed by atoms with Gasteiger partial charge in [0.25, 0.3) is 0 Å². The topological polar surface area (TPSA) is 60.4 Å². The molecule has 0 bridgehead atoms. The number of carbonyl (C=O) groups excluding carboxylic acids is 3. The molecular formula is C18H15ClO4. The fourth-order valence-electron chi connectivity index (χ4n) is 1.51. The Bertz CT molecular complexity index is 644. The lowest BCUT2D eigenvalue weighted by atomic mass is 10.0. The van der Waals surface area contributed by atoms with Gasteiger partial charge in [0.2, 0.25) is 11.6 Å². The fourth-order valence-corrected chi connectivity index (χ4v) is 1.64. The third-order valence-corrected chi connectivity index (χ3v) is 2.84. The molecule has 2 aromatic carbocycles. The van der Waals surface area contributed by atoms with E-state index in [-0.39, 0.29) is 0 Å². The average molecular weight is 331 g/mol. The smallest absolute Gasteiger partial charge is 0.343 e. The van der Waals surface area contributed by atoms with Gasteiger partial charge >= 0.3 is 5.97 Å². The van der Waals surface area contributed by atoms with Crippen molar-refractivity contribution in [3.8, 4) is 0 Å². The molecule has 23 heavy (non-hydrogen) atoms. The number of carbonyl (C=O) groups is 3. The minimum atomic E-state index is -0.582. The highest BCUT2D eigenvalue weighted by molar-refractivity contribution is 6.49. The lowest BCUT2D eigenvalue weighted by Crippen LogP contribution is -2.14. The largest absolute Gasteiger partial charge is 0.351 e. The normalized spacial score (nSPS) is 9.13. The van der Waals surface area contributed by atoms with Crippen LogP contribution in [-0.2, 0) is 9.08 Å². The van der Waals surface area contributed by atoms with E-state index < -0.39 is 17.5 Å². The van der Waals surface area contributed by atoms with Crippen LogP contribution in [-0.4, -0.2) is 17.5 Å². The maximum atomic E-state index is 11.8. The maximum Gasteiger partial charge on any atom is 0.351 e. The third kappa shape index (κ3) is 5.88. The standard InChI is InChI=1S/C14H10O2.C4H5ClO2/c15-13(11-7-3-1-4-8-11)14(16)12-9-5-2-6-10-12;1-3(2)4(6)7-5/h1-10H;1H2,2H3. The van der Waals surface area contributed by atoms with Crippen molar-refractivity contribution in [2.75, 3.05) is 0 Å². The van der Waals surface area contributed by atoms with E-state index in [1.165, 1.54) is 6.92 Å². The molecule has 0 saturated heterocycles. The Labute approximate surface area is 139 Å². The van der Waals surface area contributed by atoms with Crippen molar-refractivity contribution in [3.63, 3.8) is 0 Å². The Balaban J connectivity index is 0.000000322. The molecule has 0 spiro atoms. The number of halogens is 1. The molecule has 0 N–H and O–H groups in total. The second-order valence-electron chi connectivity index (χ2n) is 4.54. The zero-order chi connectivity index (χ0) is 17.2. The van der Waals surface area contributed by atoms with Gasteiger partial charge in [-0.2, -0.15) is 0 Å². The molecule has 0 aliphatic rings. The van der Waals surface area contributed by atoms with E-state index in [9.17, 15) is 14.4 Å². The first-order chi connectivity index (χ1) is 11.0. The predicted molar refractivity (Wildman–Crippen MR) is 88.3 cm³/mol. The Kier molecular flexibility index (Phi) is 7.43. The van der Waals surface area contributed by atoms with Crippen molar-refractivity contribution in [2.45, 2.75) is 6.92 Å². The summed E-state index contributed by atoms with van der Waals surface area (Å²) in [5.41, 5.74) is 1.16. The first kappa shape index (κ1) is 18.3. The van der Waals surface area contributed by atoms with Crippen LogP contribution < -0.4 is 0 Å². The summed E-state index contributed by atoms with van der Waals surface area (Å²) in [6.45, 7) is 4.79. The molecule has 0 aliphatic heterocycles. The van der Waals surface area contributed by atoms with Gasteiger partial charge in [-0.05, 0) is 6.92 Å². The highest BCUT2D eigenvalue weighted by Crippen LogP contribution is 2.07. The lowest BCUT2D eigenvalue weighted by Gasteiger charge is -1.99. The van der Waals surface area contributed by atoms with Gasteiger partial charge in [-0.25, -0.2) is 4.79 Å². The average Bonchev–Trinajstić information content (AvgIpc) is 2.61. The van der Waals surface area contributed by atoms with Gasteiger partial charge in [0.05, 0.1) is 0 Å². The molecule has 4 nitrogen and oxygen atoms in total. The molecule has 0 aliphatic carbocycles. The SMILES string of the molecule is C=C(C)C(=O)OCl.O=C(C(=O)c1ccccc1)c1ccccc1. The number of hydrogen-bond donors (Lipinski definition) is 0. The predicted octanol–water partition coefficient (Wildman–Crippen LogP) is 4.01. The number of ketones is 2. The molecule has 0 atom stereocenters. The van der Waals surface area contributed by atoms with E-state index >= 15 is 0 Å². The summed E-state index contributed by atoms with van der Waals surface area (Å²) in [4.78, 5) is 33.6. The molecule has 2 rings (SSSR count). The van der Waals surface area contributed by atoms with Crippen molar-refractivity contribution in [3.05, 3.63) is 83.9 Å². The first-order valence-electron chi connectivity index (χ1n) is 6.65. The van der Waals surface area contributed by atoms with E-state index in [1.54, 1.807) is 48.5 Å². The third-order valence-electron chi connectivity index (χ3n) is 2.70. The number of rotatable bonds is 4. The highest BCUT2D eigenvalue weighted by Gasteiger charge is 2.16. The molecule has 118 valence electrons. The van der Waals surface area contributed by atoms with Crippen molar-refractivity contribution >= 4 is 29.4 Å². The fraction of sp³-hybridized carbons (Fsp3) is 0.0556. The van der Waals surface area contributed by atoms with Crippen LogP contribution in [0.5, 0.6) is 0 Å². The molecule has 2 aromatic rings. The van der Waals surface area contributed by atoms with Crippen LogP contribution in [0.2, 0.25) is 0 Å². The zero-order valence-corrected chi connectivity index (χ0v) is 13.2. The van der Waals surface area contributed by atoms with Gasteiger partial charge in [0.1, 0.15) is 11.9 Å². The summed E-state index contributed by atoms with van der Waals surface area (Å²) >= 11 is 4.64. The minimum Gasteiger partial charge on any atom is -0.343 e. The van der Waals surface area contributed by atoms with Crippen molar-refractivity contribution < 1.29 is 18.7 Å². The summed E-state index contributed by atoms with van der Waals surface area (Å²) in [6, 6.07) is 17.2. The monoisotopic (exact) mass is 330 g/mol. The molecule has 0 unspecified atom stereocenters. The zero-order valence-electron chi connectivity index (χ0n) is 12.5. The maximum absolute atomic E-state index is 11.8. The highest BCUT2D eigenvalue weighted by atomic mass is 35.5. The summed E-state index contributed by atoms with van der Waals surface area (Å²) in [7, 11) is 0. The van der Waals surface area contributed by atoms with Crippen LogP contribution in [0.3, 0.4) is 0 Å².